The Morgan fingerprint density at radius 2 is 0.618 bits per heavy atom. The Balaban J connectivity index is 1.43. The van der Waals surface area contributed by atoms with Crippen LogP contribution in [-0.2, 0) is 49.4 Å². The average molecular weight is 755 g/mol. The fourth-order valence-corrected chi connectivity index (χ4v) is 7.02. The number of para-hydroxylation sites is 4. The molecule has 296 valence electrons. The first-order valence-electron chi connectivity index (χ1n) is 20.1. The lowest BCUT2D eigenvalue weighted by molar-refractivity contribution is -0.0142. The Morgan fingerprint density at radius 1 is 0.364 bits per heavy atom. The SMILES string of the molecule is CCCOc1c2cccc1Cc1cccc3c1OCCOCCOCCOCCOCCOCCOc1c(cccc1Cc1cccc(c1OCCC)C3)C2. The molecule has 0 saturated carbocycles. The molecule has 55 heavy (non-hydrogen) atoms. The molecular formula is C46H58O9. The Labute approximate surface area is 327 Å². The van der Waals surface area contributed by atoms with Gasteiger partial charge in [-0.1, -0.05) is 86.6 Å². The number of ether oxygens (including phenoxy) is 9. The summed E-state index contributed by atoms with van der Waals surface area (Å²) in [5.41, 5.74) is 8.88. The van der Waals surface area contributed by atoms with Gasteiger partial charge in [-0.05, 0) is 57.3 Å². The minimum absolute atomic E-state index is 0.411. The van der Waals surface area contributed by atoms with Crippen molar-refractivity contribution in [2.24, 2.45) is 0 Å². The van der Waals surface area contributed by atoms with E-state index in [1.54, 1.807) is 0 Å². The van der Waals surface area contributed by atoms with E-state index in [9.17, 15) is 0 Å². The summed E-state index contributed by atoms with van der Waals surface area (Å²) >= 11 is 0. The summed E-state index contributed by atoms with van der Waals surface area (Å²) < 4.78 is 55.5. The summed E-state index contributed by atoms with van der Waals surface area (Å²) in [5.74, 6) is 3.61. The van der Waals surface area contributed by atoms with Gasteiger partial charge in [-0.2, -0.15) is 0 Å². The summed E-state index contributed by atoms with van der Waals surface area (Å²) in [5, 5.41) is 0. The highest BCUT2D eigenvalue weighted by molar-refractivity contribution is 5.56. The number of rotatable bonds is 6. The first kappa shape index (κ1) is 40.5. The quantitative estimate of drug-likeness (QED) is 0.173. The Morgan fingerprint density at radius 3 is 0.891 bits per heavy atom. The number of hydrogen-bond donors (Lipinski definition) is 0. The standard InChI is InChI=1S/C46H58O9/c1-3-17-52-43-35-9-5-10-36(43)32-40-14-8-16-42-34-38-12-6-11-37(44(38)53-18-4-2)33-41-15-7-13-39(31-35)45(41)54-29-27-50-25-23-48-21-19-47-20-22-49-24-26-51-28-30-55-46(40)42/h5-16H,3-4,17-34H2,1-2H3. The van der Waals surface area contributed by atoms with Gasteiger partial charge in [0.25, 0.3) is 0 Å². The van der Waals surface area contributed by atoms with E-state index < -0.39 is 0 Å². The highest BCUT2D eigenvalue weighted by atomic mass is 16.6. The van der Waals surface area contributed by atoms with Crippen LogP contribution in [0.2, 0.25) is 0 Å². The van der Waals surface area contributed by atoms with Crippen molar-refractivity contribution < 1.29 is 42.6 Å². The van der Waals surface area contributed by atoms with Crippen LogP contribution in [0.25, 0.3) is 0 Å². The third kappa shape index (κ3) is 11.9. The minimum Gasteiger partial charge on any atom is -0.493 e. The molecule has 10 bridgehead atoms. The summed E-state index contributed by atoms with van der Waals surface area (Å²) in [6, 6.07) is 25.9. The van der Waals surface area contributed by atoms with Crippen molar-refractivity contribution in [2.75, 3.05) is 92.5 Å². The maximum atomic E-state index is 6.68. The van der Waals surface area contributed by atoms with Gasteiger partial charge in [0.05, 0.1) is 79.3 Å². The third-order valence-corrected chi connectivity index (χ3v) is 9.57. The lowest BCUT2D eigenvalue weighted by atomic mass is 9.91. The van der Waals surface area contributed by atoms with Gasteiger partial charge < -0.3 is 42.6 Å². The highest BCUT2D eigenvalue weighted by Crippen LogP contribution is 2.39. The van der Waals surface area contributed by atoms with Gasteiger partial charge in [0, 0.05) is 25.7 Å². The van der Waals surface area contributed by atoms with Crippen molar-refractivity contribution in [1.82, 2.24) is 0 Å². The number of benzene rings is 4. The number of fused-ring (bicyclic) bond motifs is 2. The fraction of sp³-hybridized carbons (Fsp3) is 0.478. The Kier molecular flexibility index (Phi) is 16.5. The maximum Gasteiger partial charge on any atom is 0.126 e. The van der Waals surface area contributed by atoms with Crippen LogP contribution >= 0.6 is 0 Å². The third-order valence-electron chi connectivity index (χ3n) is 9.57. The molecule has 0 saturated heterocycles. The van der Waals surface area contributed by atoms with E-state index in [1.807, 2.05) is 0 Å². The van der Waals surface area contributed by atoms with E-state index in [4.69, 9.17) is 42.6 Å². The zero-order valence-electron chi connectivity index (χ0n) is 32.7. The van der Waals surface area contributed by atoms with E-state index in [1.165, 1.54) is 0 Å². The highest BCUT2D eigenvalue weighted by Gasteiger charge is 2.21. The summed E-state index contributed by atoms with van der Waals surface area (Å²) in [4.78, 5) is 0. The van der Waals surface area contributed by atoms with Gasteiger partial charge in [0.15, 0.2) is 0 Å². The van der Waals surface area contributed by atoms with Crippen LogP contribution in [0.4, 0.5) is 0 Å². The van der Waals surface area contributed by atoms with E-state index >= 15 is 0 Å². The molecule has 0 N–H and O–H groups in total. The average Bonchev–Trinajstić information content (AvgIpc) is 3.19. The van der Waals surface area contributed by atoms with E-state index in [2.05, 4.69) is 86.6 Å². The van der Waals surface area contributed by atoms with Crippen LogP contribution in [0, 0.1) is 0 Å². The van der Waals surface area contributed by atoms with Crippen LogP contribution in [0.3, 0.4) is 0 Å². The second kappa shape index (κ2) is 22.4. The molecule has 6 rings (SSSR count). The summed E-state index contributed by atoms with van der Waals surface area (Å²) in [6.07, 6.45) is 4.41. The first-order chi connectivity index (χ1) is 27.2. The molecule has 1 aliphatic heterocycles. The van der Waals surface area contributed by atoms with Gasteiger partial charge in [0.1, 0.15) is 36.2 Å². The molecule has 4 aromatic carbocycles. The van der Waals surface area contributed by atoms with Crippen molar-refractivity contribution in [3.05, 3.63) is 117 Å². The molecule has 0 fully saturated rings. The van der Waals surface area contributed by atoms with Crippen LogP contribution < -0.4 is 18.9 Å². The van der Waals surface area contributed by atoms with Gasteiger partial charge in [-0.15, -0.1) is 0 Å². The van der Waals surface area contributed by atoms with E-state index in [0.717, 1.165) is 80.3 Å². The van der Waals surface area contributed by atoms with Crippen molar-refractivity contribution in [2.45, 2.75) is 52.4 Å². The number of hydrogen-bond acceptors (Lipinski definition) is 9. The predicted octanol–water partition coefficient (Wildman–Crippen LogP) is 7.80. The second-order valence-corrected chi connectivity index (χ2v) is 13.8. The zero-order chi connectivity index (χ0) is 37.9. The molecule has 0 atom stereocenters. The topological polar surface area (TPSA) is 83.1 Å². The molecule has 9 heteroatoms. The molecule has 0 unspecified atom stereocenters. The molecule has 9 nitrogen and oxygen atoms in total. The largest absolute Gasteiger partial charge is 0.493 e. The maximum absolute atomic E-state index is 6.68. The lowest BCUT2D eigenvalue weighted by Gasteiger charge is -2.23. The van der Waals surface area contributed by atoms with Gasteiger partial charge >= 0.3 is 0 Å². The molecule has 0 aromatic heterocycles. The molecule has 0 radical (unpaired) electrons. The van der Waals surface area contributed by atoms with Gasteiger partial charge in [-0.3, -0.25) is 0 Å². The molecule has 1 aliphatic carbocycles. The Bertz CT molecular complexity index is 1540. The van der Waals surface area contributed by atoms with Crippen molar-refractivity contribution in [3.63, 3.8) is 0 Å². The first-order valence-corrected chi connectivity index (χ1v) is 20.1. The lowest BCUT2D eigenvalue weighted by Crippen LogP contribution is -2.16. The van der Waals surface area contributed by atoms with Crippen LogP contribution in [0.5, 0.6) is 23.0 Å². The minimum atomic E-state index is 0.411. The van der Waals surface area contributed by atoms with E-state index in [-0.39, 0.29) is 0 Å². The van der Waals surface area contributed by atoms with Crippen LogP contribution in [0.1, 0.15) is 71.2 Å². The van der Waals surface area contributed by atoms with Gasteiger partial charge in [0.2, 0.25) is 0 Å². The molecule has 1 heterocycles. The second-order valence-electron chi connectivity index (χ2n) is 13.8. The summed E-state index contributed by atoms with van der Waals surface area (Å²) in [6.45, 7) is 11.2. The molecule has 0 spiro atoms. The van der Waals surface area contributed by atoms with Crippen molar-refractivity contribution in [3.8, 4) is 23.0 Å². The summed E-state index contributed by atoms with van der Waals surface area (Å²) in [7, 11) is 0. The normalized spacial score (nSPS) is 16.7. The molecule has 4 aromatic rings. The molecule has 2 aliphatic rings. The smallest absolute Gasteiger partial charge is 0.126 e. The van der Waals surface area contributed by atoms with Crippen LogP contribution in [0.15, 0.2) is 72.8 Å². The molecular weight excluding hydrogens is 696 g/mol. The fourth-order valence-electron chi connectivity index (χ4n) is 7.02. The zero-order valence-corrected chi connectivity index (χ0v) is 32.7. The predicted molar refractivity (Wildman–Crippen MR) is 214 cm³/mol. The van der Waals surface area contributed by atoms with Crippen molar-refractivity contribution in [1.29, 1.82) is 0 Å². The monoisotopic (exact) mass is 754 g/mol. The Hall–Kier alpha value is -4.12. The van der Waals surface area contributed by atoms with E-state index in [0.29, 0.717) is 118 Å². The van der Waals surface area contributed by atoms with Gasteiger partial charge in [-0.25, -0.2) is 0 Å². The van der Waals surface area contributed by atoms with Crippen molar-refractivity contribution >= 4 is 0 Å². The molecule has 0 amide bonds. The van der Waals surface area contributed by atoms with Crippen LogP contribution in [-0.4, -0.2) is 92.5 Å².